The van der Waals surface area contributed by atoms with Crippen LogP contribution in [0.1, 0.15) is 12.7 Å². The van der Waals surface area contributed by atoms with Gasteiger partial charge < -0.3 is 5.73 Å². The summed E-state index contributed by atoms with van der Waals surface area (Å²) in [5, 5.41) is 10.2. The summed E-state index contributed by atoms with van der Waals surface area (Å²) >= 11 is 5.54. The Labute approximate surface area is 78.9 Å². The number of aryl methyl sites for hydroxylation is 1. The van der Waals surface area contributed by atoms with Gasteiger partial charge >= 0.3 is 5.69 Å². The molecule has 6 nitrogen and oxygen atoms in total. The smallest absolute Gasteiger partial charge is 0.348 e. The molecule has 13 heavy (non-hydrogen) atoms. The molecule has 7 heteroatoms. The van der Waals surface area contributed by atoms with Gasteiger partial charge in [-0.1, -0.05) is 18.5 Å². The van der Waals surface area contributed by atoms with Gasteiger partial charge in [-0.25, -0.2) is 9.97 Å². The van der Waals surface area contributed by atoms with Crippen LogP contribution in [-0.4, -0.2) is 14.9 Å². The minimum atomic E-state index is -0.697. The predicted octanol–water partition coefficient (Wildman–Crippen LogP) is 1.18. The first-order valence-electron chi connectivity index (χ1n) is 3.52. The van der Waals surface area contributed by atoms with Crippen LogP contribution in [0.2, 0.25) is 5.15 Å². The number of anilines is 1. The maximum Gasteiger partial charge on any atom is 0.348 e. The molecule has 0 aromatic carbocycles. The Morgan fingerprint density at radius 1 is 1.62 bits per heavy atom. The van der Waals surface area contributed by atoms with Crippen LogP contribution >= 0.6 is 11.6 Å². The van der Waals surface area contributed by atoms with E-state index in [0.29, 0.717) is 12.2 Å². The summed E-state index contributed by atoms with van der Waals surface area (Å²) in [6, 6.07) is 0. The molecule has 0 unspecified atom stereocenters. The lowest BCUT2D eigenvalue weighted by Crippen LogP contribution is -2.04. The van der Waals surface area contributed by atoms with Crippen LogP contribution in [0.4, 0.5) is 11.5 Å². The number of nitrogens with zero attached hydrogens (tertiary/aromatic N) is 3. The summed E-state index contributed by atoms with van der Waals surface area (Å²) in [6.45, 7) is 1.80. The Morgan fingerprint density at radius 3 is 2.62 bits per heavy atom. The second kappa shape index (κ2) is 3.53. The highest BCUT2D eigenvalue weighted by Gasteiger charge is 2.20. The number of halogens is 1. The zero-order valence-electron chi connectivity index (χ0n) is 6.82. The third-order valence-corrected chi connectivity index (χ3v) is 1.68. The van der Waals surface area contributed by atoms with Crippen LogP contribution in [0.15, 0.2) is 0 Å². The molecular formula is C6H7ClN4O2. The monoisotopic (exact) mass is 202 g/mol. The first-order chi connectivity index (χ1) is 6.06. The second-order valence-electron chi connectivity index (χ2n) is 2.28. The fourth-order valence-corrected chi connectivity index (χ4v) is 1.08. The van der Waals surface area contributed by atoms with E-state index in [0.717, 1.165) is 0 Å². The fraction of sp³-hybridized carbons (Fsp3) is 0.333. The van der Waals surface area contributed by atoms with Crippen molar-refractivity contribution in [2.24, 2.45) is 0 Å². The van der Waals surface area contributed by atoms with Crippen LogP contribution in [0.5, 0.6) is 0 Å². The van der Waals surface area contributed by atoms with Gasteiger partial charge in [-0.3, -0.25) is 10.1 Å². The Balaban J connectivity index is 3.31. The summed E-state index contributed by atoms with van der Waals surface area (Å²) in [4.78, 5) is 17.1. The molecule has 0 bridgehead atoms. The molecule has 70 valence electrons. The number of hydrogen-bond donors (Lipinski definition) is 1. The van der Waals surface area contributed by atoms with E-state index in [-0.39, 0.29) is 11.0 Å². The van der Waals surface area contributed by atoms with Crippen molar-refractivity contribution in [2.45, 2.75) is 13.3 Å². The predicted molar refractivity (Wildman–Crippen MR) is 47.5 cm³/mol. The van der Waals surface area contributed by atoms with Crippen LogP contribution in [-0.2, 0) is 6.42 Å². The van der Waals surface area contributed by atoms with E-state index >= 15 is 0 Å². The van der Waals surface area contributed by atoms with Crippen molar-refractivity contribution in [1.29, 1.82) is 0 Å². The highest BCUT2D eigenvalue weighted by molar-refractivity contribution is 6.31. The van der Waals surface area contributed by atoms with Gasteiger partial charge in [-0.05, 0) is 0 Å². The molecule has 0 atom stereocenters. The molecular weight excluding hydrogens is 196 g/mol. The minimum absolute atomic E-state index is 0.193. The zero-order valence-corrected chi connectivity index (χ0v) is 7.58. The second-order valence-corrected chi connectivity index (χ2v) is 2.63. The number of hydrogen-bond acceptors (Lipinski definition) is 5. The van der Waals surface area contributed by atoms with Gasteiger partial charge in [-0.2, -0.15) is 0 Å². The van der Waals surface area contributed by atoms with Crippen molar-refractivity contribution in [3.8, 4) is 0 Å². The van der Waals surface area contributed by atoms with Crippen molar-refractivity contribution in [3.63, 3.8) is 0 Å². The van der Waals surface area contributed by atoms with Crippen molar-refractivity contribution in [3.05, 3.63) is 21.1 Å². The van der Waals surface area contributed by atoms with Crippen LogP contribution in [0, 0.1) is 10.1 Å². The standard InChI is InChI=1S/C6H7ClN4O2/c1-2-3-9-5(7)4(11(12)13)6(8)10-3/h2H2,1H3,(H2,8,9,10). The molecule has 0 aliphatic heterocycles. The lowest BCUT2D eigenvalue weighted by molar-refractivity contribution is -0.384. The van der Waals surface area contributed by atoms with E-state index in [1.807, 2.05) is 0 Å². The largest absolute Gasteiger partial charge is 0.378 e. The summed E-state index contributed by atoms with van der Waals surface area (Å²) in [5.74, 6) is 0.204. The van der Waals surface area contributed by atoms with Crippen LogP contribution in [0.3, 0.4) is 0 Å². The summed E-state index contributed by atoms with van der Waals surface area (Å²) in [7, 11) is 0. The molecule has 2 N–H and O–H groups in total. The highest BCUT2D eigenvalue weighted by atomic mass is 35.5. The Bertz CT molecular complexity index is 331. The molecule has 1 aromatic rings. The van der Waals surface area contributed by atoms with Gasteiger partial charge in [0.15, 0.2) is 0 Å². The van der Waals surface area contributed by atoms with E-state index in [2.05, 4.69) is 9.97 Å². The maximum absolute atomic E-state index is 10.4. The molecule has 0 fully saturated rings. The topological polar surface area (TPSA) is 94.9 Å². The summed E-state index contributed by atoms with van der Waals surface area (Å²) < 4.78 is 0. The van der Waals surface area contributed by atoms with E-state index in [9.17, 15) is 10.1 Å². The number of aromatic nitrogens is 2. The van der Waals surface area contributed by atoms with Crippen molar-refractivity contribution >= 4 is 23.1 Å². The average Bonchev–Trinajstić information content (AvgIpc) is 2.02. The van der Waals surface area contributed by atoms with Gasteiger partial charge in [-0.15, -0.1) is 0 Å². The summed E-state index contributed by atoms with van der Waals surface area (Å²) in [5.41, 5.74) is 4.89. The third kappa shape index (κ3) is 1.83. The number of nitrogens with two attached hydrogens (primary N) is 1. The number of nitrogen functional groups attached to an aromatic ring is 1. The summed E-state index contributed by atoms with van der Waals surface area (Å²) in [6.07, 6.45) is 0.530. The fourth-order valence-electron chi connectivity index (χ4n) is 0.816. The van der Waals surface area contributed by atoms with E-state index in [4.69, 9.17) is 17.3 Å². The zero-order chi connectivity index (χ0) is 10.0. The van der Waals surface area contributed by atoms with Crippen LogP contribution in [0.25, 0.3) is 0 Å². The van der Waals surface area contributed by atoms with Crippen molar-refractivity contribution in [2.75, 3.05) is 5.73 Å². The van der Waals surface area contributed by atoms with Gasteiger partial charge in [0, 0.05) is 6.42 Å². The minimum Gasteiger partial charge on any atom is -0.378 e. The molecule has 0 radical (unpaired) electrons. The van der Waals surface area contributed by atoms with Gasteiger partial charge in [0.25, 0.3) is 0 Å². The molecule has 0 saturated heterocycles. The number of nitro groups is 1. The highest BCUT2D eigenvalue weighted by Crippen LogP contribution is 2.26. The normalized spacial score (nSPS) is 10.0. The van der Waals surface area contributed by atoms with Crippen molar-refractivity contribution < 1.29 is 4.92 Å². The van der Waals surface area contributed by atoms with E-state index in [1.165, 1.54) is 0 Å². The Morgan fingerprint density at radius 2 is 2.23 bits per heavy atom. The van der Waals surface area contributed by atoms with Gasteiger partial charge in [0.2, 0.25) is 11.0 Å². The first-order valence-corrected chi connectivity index (χ1v) is 3.90. The van der Waals surface area contributed by atoms with E-state index < -0.39 is 10.6 Å². The molecule has 1 aromatic heterocycles. The lowest BCUT2D eigenvalue weighted by atomic mass is 10.4. The molecule has 1 rings (SSSR count). The Kier molecular flexibility index (Phi) is 2.62. The molecule has 0 aliphatic rings. The molecule has 0 spiro atoms. The first kappa shape index (κ1) is 9.66. The van der Waals surface area contributed by atoms with Gasteiger partial charge in [0.1, 0.15) is 5.82 Å². The van der Waals surface area contributed by atoms with Gasteiger partial charge in [0.05, 0.1) is 4.92 Å². The van der Waals surface area contributed by atoms with Crippen molar-refractivity contribution in [1.82, 2.24) is 9.97 Å². The van der Waals surface area contributed by atoms with E-state index in [1.54, 1.807) is 6.92 Å². The maximum atomic E-state index is 10.4. The molecule has 0 saturated carbocycles. The number of rotatable bonds is 2. The average molecular weight is 203 g/mol. The Hall–Kier alpha value is -1.43. The molecule has 0 aliphatic carbocycles. The molecule has 1 heterocycles. The molecule has 0 amide bonds. The van der Waals surface area contributed by atoms with Crippen LogP contribution < -0.4 is 5.73 Å². The quantitative estimate of drug-likeness (QED) is 0.441. The third-order valence-electron chi connectivity index (χ3n) is 1.41. The lowest BCUT2D eigenvalue weighted by Gasteiger charge is -2.00. The SMILES string of the molecule is CCc1nc(N)c([N+](=O)[O-])c(Cl)n1.